The van der Waals surface area contributed by atoms with E-state index in [0.717, 1.165) is 33.4 Å². The summed E-state index contributed by atoms with van der Waals surface area (Å²) in [5.74, 6) is 1.17. The van der Waals surface area contributed by atoms with Crippen LogP contribution in [0.2, 0.25) is 5.02 Å². The standard InChI is InChI=1S/C18H18ClNO/c1-11(2)17-14-8-13(12-6-4-3-5-7-12)9-15(19)18(14)21-16(17)10-20/h3-9,11H,10,20H2,1-2H3. The van der Waals surface area contributed by atoms with Crippen LogP contribution in [0.1, 0.15) is 31.1 Å². The molecule has 108 valence electrons. The number of fused-ring (bicyclic) bond motifs is 1. The zero-order valence-electron chi connectivity index (χ0n) is 12.2. The van der Waals surface area contributed by atoms with Gasteiger partial charge in [-0.15, -0.1) is 0 Å². The molecule has 0 radical (unpaired) electrons. The Morgan fingerprint density at radius 1 is 1.10 bits per heavy atom. The Hall–Kier alpha value is -1.77. The van der Waals surface area contributed by atoms with Crippen molar-refractivity contribution in [2.45, 2.75) is 26.3 Å². The number of rotatable bonds is 3. The minimum Gasteiger partial charge on any atom is -0.458 e. The van der Waals surface area contributed by atoms with Crippen LogP contribution in [0.4, 0.5) is 0 Å². The lowest BCUT2D eigenvalue weighted by atomic mass is 9.96. The van der Waals surface area contributed by atoms with E-state index in [0.29, 0.717) is 17.5 Å². The number of furan rings is 1. The fraction of sp³-hybridized carbons (Fsp3) is 0.222. The van der Waals surface area contributed by atoms with Gasteiger partial charge in [0, 0.05) is 10.9 Å². The number of hydrogen-bond donors (Lipinski definition) is 1. The minimum absolute atomic E-state index is 0.340. The highest BCUT2D eigenvalue weighted by Crippen LogP contribution is 2.38. The molecule has 2 aromatic carbocycles. The van der Waals surface area contributed by atoms with Crippen molar-refractivity contribution in [3.63, 3.8) is 0 Å². The monoisotopic (exact) mass is 299 g/mol. The molecule has 0 atom stereocenters. The first-order valence-electron chi connectivity index (χ1n) is 7.12. The maximum absolute atomic E-state index is 6.42. The predicted molar refractivity (Wildman–Crippen MR) is 88.6 cm³/mol. The van der Waals surface area contributed by atoms with E-state index in [2.05, 4.69) is 32.0 Å². The van der Waals surface area contributed by atoms with E-state index in [1.54, 1.807) is 0 Å². The van der Waals surface area contributed by atoms with Crippen LogP contribution in [-0.2, 0) is 6.54 Å². The van der Waals surface area contributed by atoms with Crippen LogP contribution in [-0.4, -0.2) is 0 Å². The van der Waals surface area contributed by atoms with Crippen LogP contribution < -0.4 is 5.73 Å². The van der Waals surface area contributed by atoms with Gasteiger partial charge in [-0.3, -0.25) is 0 Å². The summed E-state index contributed by atoms with van der Waals surface area (Å²) in [6.07, 6.45) is 0. The van der Waals surface area contributed by atoms with Gasteiger partial charge in [-0.25, -0.2) is 0 Å². The summed E-state index contributed by atoms with van der Waals surface area (Å²) in [6.45, 7) is 4.68. The van der Waals surface area contributed by atoms with Gasteiger partial charge in [0.2, 0.25) is 0 Å². The fourth-order valence-corrected chi connectivity index (χ4v) is 3.07. The highest BCUT2D eigenvalue weighted by Gasteiger charge is 2.19. The first-order chi connectivity index (χ1) is 10.1. The van der Waals surface area contributed by atoms with E-state index in [1.165, 1.54) is 0 Å². The molecule has 0 aliphatic rings. The van der Waals surface area contributed by atoms with Crippen molar-refractivity contribution in [2.75, 3.05) is 0 Å². The second kappa shape index (κ2) is 5.55. The smallest absolute Gasteiger partial charge is 0.153 e. The van der Waals surface area contributed by atoms with Crippen LogP contribution in [0.3, 0.4) is 0 Å². The van der Waals surface area contributed by atoms with Gasteiger partial charge in [-0.1, -0.05) is 55.8 Å². The number of nitrogens with two attached hydrogens (primary N) is 1. The molecule has 3 rings (SSSR count). The fourth-order valence-electron chi connectivity index (χ4n) is 2.81. The highest BCUT2D eigenvalue weighted by atomic mass is 35.5. The van der Waals surface area contributed by atoms with E-state index in [9.17, 15) is 0 Å². The Morgan fingerprint density at radius 2 is 1.81 bits per heavy atom. The van der Waals surface area contributed by atoms with Crippen LogP contribution in [0, 0.1) is 0 Å². The van der Waals surface area contributed by atoms with Gasteiger partial charge in [0.25, 0.3) is 0 Å². The lowest BCUT2D eigenvalue weighted by molar-refractivity contribution is 0.541. The first-order valence-corrected chi connectivity index (χ1v) is 7.50. The van der Waals surface area contributed by atoms with Crippen molar-refractivity contribution in [1.29, 1.82) is 0 Å². The lowest BCUT2D eigenvalue weighted by Crippen LogP contribution is -1.99. The Morgan fingerprint density at radius 3 is 2.43 bits per heavy atom. The number of hydrogen-bond acceptors (Lipinski definition) is 2. The molecular weight excluding hydrogens is 282 g/mol. The molecule has 0 aliphatic carbocycles. The molecule has 0 spiro atoms. The largest absolute Gasteiger partial charge is 0.458 e. The molecule has 0 bridgehead atoms. The van der Waals surface area contributed by atoms with E-state index < -0.39 is 0 Å². The average Bonchev–Trinajstić information content (AvgIpc) is 2.87. The third-order valence-electron chi connectivity index (χ3n) is 3.73. The van der Waals surface area contributed by atoms with Gasteiger partial charge >= 0.3 is 0 Å². The zero-order valence-corrected chi connectivity index (χ0v) is 12.9. The zero-order chi connectivity index (χ0) is 15.0. The van der Waals surface area contributed by atoms with E-state index in [-0.39, 0.29) is 0 Å². The number of halogens is 1. The Bertz CT molecular complexity index is 775. The topological polar surface area (TPSA) is 39.2 Å². The van der Waals surface area contributed by atoms with Gasteiger partial charge < -0.3 is 10.2 Å². The van der Waals surface area contributed by atoms with Gasteiger partial charge in [0.1, 0.15) is 5.76 Å². The molecule has 0 amide bonds. The Balaban J connectivity index is 2.30. The third-order valence-corrected chi connectivity index (χ3v) is 4.01. The van der Waals surface area contributed by atoms with Crippen LogP contribution in [0.25, 0.3) is 22.1 Å². The van der Waals surface area contributed by atoms with Gasteiger partial charge in [-0.05, 0) is 29.2 Å². The summed E-state index contributed by atoms with van der Waals surface area (Å²) in [7, 11) is 0. The summed E-state index contributed by atoms with van der Waals surface area (Å²) in [5.41, 5.74) is 9.95. The molecule has 0 fully saturated rings. The molecule has 2 nitrogen and oxygen atoms in total. The van der Waals surface area contributed by atoms with E-state index in [1.807, 2.05) is 24.3 Å². The Labute approximate surface area is 129 Å². The summed E-state index contributed by atoms with van der Waals surface area (Å²) >= 11 is 6.42. The lowest BCUT2D eigenvalue weighted by Gasteiger charge is -2.07. The molecule has 1 heterocycles. The second-order valence-electron chi connectivity index (χ2n) is 5.50. The van der Waals surface area contributed by atoms with E-state index in [4.69, 9.17) is 21.8 Å². The highest BCUT2D eigenvalue weighted by molar-refractivity contribution is 6.35. The molecule has 0 aliphatic heterocycles. The summed E-state index contributed by atoms with van der Waals surface area (Å²) < 4.78 is 5.87. The third kappa shape index (κ3) is 2.45. The SMILES string of the molecule is CC(C)c1c(CN)oc2c(Cl)cc(-c3ccccc3)cc12. The molecule has 0 saturated carbocycles. The van der Waals surface area contributed by atoms with Crippen LogP contribution >= 0.6 is 11.6 Å². The predicted octanol–water partition coefficient (Wildman–Crippen LogP) is 5.34. The van der Waals surface area contributed by atoms with Crippen molar-refractivity contribution < 1.29 is 4.42 Å². The second-order valence-corrected chi connectivity index (χ2v) is 5.91. The molecule has 3 heteroatoms. The summed E-state index contributed by atoms with van der Waals surface area (Å²) in [5, 5.41) is 1.70. The quantitative estimate of drug-likeness (QED) is 0.709. The van der Waals surface area contributed by atoms with Crippen molar-refractivity contribution in [2.24, 2.45) is 5.73 Å². The Kier molecular flexibility index (Phi) is 3.75. The molecular formula is C18H18ClNO. The van der Waals surface area contributed by atoms with Gasteiger partial charge in [-0.2, -0.15) is 0 Å². The maximum Gasteiger partial charge on any atom is 0.153 e. The van der Waals surface area contributed by atoms with Gasteiger partial charge in [0.15, 0.2) is 5.58 Å². The molecule has 3 aromatic rings. The van der Waals surface area contributed by atoms with Gasteiger partial charge in [0.05, 0.1) is 11.6 Å². The van der Waals surface area contributed by atoms with Crippen LogP contribution in [0.15, 0.2) is 46.9 Å². The number of benzene rings is 2. The molecule has 21 heavy (non-hydrogen) atoms. The molecule has 0 unspecified atom stereocenters. The molecule has 1 aromatic heterocycles. The molecule has 0 saturated heterocycles. The normalized spacial score (nSPS) is 11.5. The molecule has 2 N–H and O–H groups in total. The minimum atomic E-state index is 0.340. The van der Waals surface area contributed by atoms with Crippen molar-refractivity contribution in [3.8, 4) is 11.1 Å². The van der Waals surface area contributed by atoms with E-state index >= 15 is 0 Å². The maximum atomic E-state index is 6.42. The summed E-state index contributed by atoms with van der Waals surface area (Å²) in [6, 6.07) is 14.3. The average molecular weight is 300 g/mol. The summed E-state index contributed by atoms with van der Waals surface area (Å²) in [4.78, 5) is 0. The van der Waals surface area contributed by atoms with Crippen molar-refractivity contribution in [1.82, 2.24) is 0 Å². The van der Waals surface area contributed by atoms with Crippen molar-refractivity contribution >= 4 is 22.6 Å². The first kappa shape index (κ1) is 14.2. The van der Waals surface area contributed by atoms with Crippen molar-refractivity contribution in [3.05, 3.63) is 58.8 Å². The van der Waals surface area contributed by atoms with Crippen LogP contribution in [0.5, 0.6) is 0 Å².